The molecule has 0 unspecified atom stereocenters. The summed E-state index contributed by atoms with van der Waals surface area (Å²) in [7, 11) is -3.74. The Morgan fingerprint density at radius 2 is 1.62 bits per heavy atom. The van der Waals surface area contributed by atoms with Gasteiger partial charge in [0.05, 0.1) is 22.8 Å². The zero-order valence-electron chi connectivity index (χ0n) is 17.0. The Morgan fingerprint density at radius 3 is 2.22 bits per heavy atom. The van der Waals surface area contributed by atoms with E-state index in [0.29, 0.717) is 5.56 Å². The Labute approximate surface area is 181 Å². The number of alkyl halides is 6. The molecular formula is C21H21F6NO3S. The van der Waals surface area contributed by atoms with Crippen LogP contribution in [-0.4, -0.2) is 32.7 Å². The number of ketones is 1. The molecule has 4 nitrogen and oxygen atoms in total. The van der Waals surface area contributed by atoms with Gasteiger partial charge in [0.25, 0.3) is 0 Å². The van der Waals surface area contributed by atoms with E-state index in [-0.39, 0.29) is 34.7 Å². The molecule has 2 rings (SSSR count). The van der Waals surface area contributed by atoms with Gasteiger partial charge >= 0.3 is 12.4 Å². The minimum Gasteiger partial charge on any atom is -0.305 e. The maximum atomic E-state index is 12.9. The summed E-state index contributed by atoms with van der Waals surface area (Å²) in [6.45, 7) is -0.0467. The fourth-order valence-corrected chi connectivity index (χ4v) is 4.17. The number of nitrogens with one attached hydrogen (secondary N) is 1. The summed E-state index contributed by atoms with van der Waals surface area (Å²) < 4.78 is 100. The zero-order valence-corrected chi connectivity index (χ0v) is 17.8. The minimum atomic E-state index is -4.57. The maximum Gasteiger partial charge on any atom is 0.416 e. The number of Topliss-reactive ketones (excluding diaryl/α,β-unsaturated/α-hetero) is 1. The number of rotatable bonds is 9. The molecule has 0 aliphatic heterocycles. The van der Waals surface area contributed by atoms with Crippen molar-refractivity contribution in [1.82, 2.24) is 5.32 Å². The first-order valence-corrected chi connectivity index (χ1v) is 11.2. The second-order valence-corrected chi connectivity index (χ2v) is 9.40. The topological polar surface area (TPSA) is 63.2 Å². The van der Waals surface area contributed by atoms with Gasteiger partial charge in [-0.25, -0.2) is 8.42 Å². The molecule has 11 heteroatoms. The lowest BCUT2D eigenvalue weighted by molar-refractivity contribution is -0.137. The zero-order chi connectivity index (χ0) is 24.2. The van der Waals surface area contributed by atoms with Crippen LogP contribution >= 0.6 is 0 Å². The molecule has 2 aromatic rings. The van der Waals surface area contributed by atoms with Crippen molar-refractivity contribution in [2.45, 2.75) is 43.6 Å². The quantitative estimate of drug-likeness (QED) is 0.536. The smallest absolute Gasteiger partial charge is 0.305 e. The second kappa shape index (κ2) is 10.0. The van der Waals surface area contributed by atoms with Gasteiger partial charge in [-0.2, -0.15) is 26.3 Å². The molecule has 32 heavy (non-hydrogen) atoms. The van der Waals surface area contributed by atoms with Crippen molar-refractivity contribution in [3.05, 3.63) is 64.7 Å². The third-order valence-corrected chi connectivity index (χ3v) is 6.37. The molecule has 0 atom stereocenters. The third kappa shape index (κ3) is 7.63. The van der Waals surface area contributed by atoms with Gasteiger partial charge in [0.1, 0.15) is 5.78 Å². The molecule has 0 aliphatic rings. The first kappa shape index (κ1) is 25.9. The summed E-state index contributed by atoms with van der Waals surface area (Å²) in [6, 6.07) is 8.16. The molecule has 1 N–H and O–H groups in total. The lowest BCUT2D eigenvalue weighted by Gasteiger charge is -2.13. The van der Waals surface area contributed by atoms with Crippen LogP contribution in [-0.2, 0) is 40.2 Å². The van der Waals surface area contributed by atoms with Crippen LogP contribution in [0.1, 0.15) is 29.2 Å². The van der Waals surface area contributed by atoms with Gasteiger partial charge in [0, 0.05) is 19.4 Å². The van der Waals surface area contributed by atoms with Crippen molar-refractivity contribution >= 4 is 15.6 Å². The van der Waals surface area contributed by atoms with Crippen LogP contribution in [0.5, 0.6) is 0 Å². The molecule has 0 aromatic heterocycles. The lowest BCUT2D eigenvalue weighted by atomic mass is 10.00. The molecule has 0 aliphatic carbocycles. The van der Waals surface area contributed by atoms with Crippen molar-refractivity contribution < 1.29 is 39.6 Å². The number of carbonyl (C=O) groups excluding carboxylic acids is 1. The lowest BCUT2D eigenvalue weighted by Crippen LogP contribution is -2.28. The van der Waals surface area contributed by atoms with E-state index in [1.165, 1.54) is 37.3 Å². The Hall–Kier alpha value is -2.40. The summed E-state index contributed by atoms with van der Waals surface area (Å²) in [5, 5.41) is 2.19. The van der Waals surface area contributed by atoms with Crippen LogP contribution in [0, 0.1) is 0 Å². The van der Waals surface area contributed by atoms with Gasteiger partial charge in [0.2, 0.25) is 0 Å². The van der Waals surface area contributed by atoms with Gasteiger partial charge in [-0.3, -0.25) is 4.79 Å². The first-order chi connectivity index (χ1) is 14.7. The molecule has 0 bridgehead atoms. The van der Waals surface area contributed by atoms with E-state index in [9.17, 15) is 39.6 Å². The van der Waals surface area contributed by atoms with Gasteiger partial charge in [-0.05, 0) is 28.8 Å². The molecule has 0 spiro atoms. The number of halogens is 6. The van der Waals surface area contributed by atoms with E-state index in [4.69, 9.17) is 0 Å². The molecule has 0 saturated carbocycles. The first-order valence-electron chi connectivity index (χ1n) is 9.51. The Kier molecular flexibility index (Phi) is 8.11. The molecular weight excluding hydrogens is 460 g/mol. The Bertz CT molecular complexity index is 1060. The van der Waals surface area contributed by atoms with Crippen molar-refractivity contribution in [2.24, 2.45) is 0 Å². The highest BCUT2D eigenvalue weighted by Crippen LogP contribution is 2.30. The average molecular weight is 481 g/mol. The SMILES string of the molecule is CCS(=O)(=O)c1ccc(CNCC(F)(F)F)cc1CC(=O)Cc1cccc(C(F)(F)F)c1. The summed E-state index contributed by atoms with van der Waals surface area (Å²) in [6.07, 6.45) is -9.74. The molecule has 0 radical (unpaired) electrons. The van der Waals surface area contributed by atoms with Crippen LogP contribution in [0.3, 0.4) is 0 Å². The van der Waals surface area contributed by atoms with E-state index in [1.54, 1.807) is 0 Å². The normalized spacial score (nSPS) is 12.7. The van der Waals surface area contributed by atoms with E-state index < -0.39 is 46.5 Å². The molecule has 2 aromatic carbocycles. The van der Waals surface area contributed by atoms with E-state index in [2.05, 4.69) is 5.32 Å². The Balaban J connectivity index is 2.25. The molecule has 176 valence electrons. The number of hydrogen-bond donors (Lipinski definition) is 1. The largest absolute Gasteiger partial charge is 0.416 e. The predicted molar refractivity (Wildman–Crippen MR) is 106 cm³/mol. The Morgan fingerprint density at radius 1 is 0.938 bits per heavy atom. The van der Waals surface area contributed by atoms with Crippen LogP contribution in [0.25, 0.3) is 0 Å². The van der Waals surface area contributed by atoms with Crippen LogP contribution in [0.4, 0.5) is 26.3 Å². The number of hydrogen-bond acceptors (Lipinski definition) is 4. The van der Waals surface area contributed by atoms with Gasteiger partial charge in [0.15, 0.2) is 9.84 Å². The van der Waals surface area contributed by atoms with Gasteiger partial charge in [-0.15, -0.1) is 0 Å². The maximum absolute atomic E-state index is 12.9. The summed E-state index contributed by atoms with van der Waals surface area (Å²) >= 11 is 0. The average Bonchev–Trinajstić information content (AvgIpc) is 2.66. The van der Waals surface area contributed by atoms with E-state index in [0.717, 1.165) is 12.1 Å². The molecule has 0 saturated heterocycles. The highest BCUT2D eigenvalue weighted by Gasteiger charge is 2.30. The second-order valence-electron chi connectivity index (χ2n) is 7.15. The highest BCUT2D eigenvalue weighted by molar-refractivity contribution is 7.91. The van der Waals surface area contributed by atoms with E-state index >= 15 is 0 Å². The number of carbonyl (C=O) groups is 1. The molecule has 0 amide bonds. The molecule has 0 fully saturated rings. The fraction of sp³-hybridized carbons (Fsp3) is 0.381. The third-order valence-electron chi connectivity index (χ3n) is 4.54. The van der Waals surface area contributed by atoms with Crippen LogP contribution < -0.4 is 5.32 Å². The highest BCUT2D eigenvalue weighted by atomic mass is 32.2. The van der Waals surface area contributed by atoms with Crippen molar-refractivity contribution in [1.29, 1.82) is 0 Å². The summed E-state index contributed by atoms with van der Waals surface area (Å²) in [4.78, 5) is 12.4. The van der Waals surface area contributed by atoms with Crippen molar-refractivity contribution in [2.75, 3.05) is 12.3 Å². The van der Waals surface area contributed by atoms with Crippen molar-refractivity contribution in [3.63, 3.8) is 0 Å². The van der Waals surface area contributed by atoms with E-state index in [1.807, 2.05) is 0 Å². The summed E-state index contributed by atoms with van der Waals surface area (Å²) in [5.74, 6) is -0.787. The van der Waals surface area contributed by atoms with Crippen LogP contribution in [0.2, 0.25) is 0 Å². The predicted octanol–water partition coefficient (Wildman–Crippen LogP) is 4.51. The number of benzene rings is 2. The van der Waals surface area contributed by atoms with Gasteiger partial charge in [-0.1, -0.05) is 37.3 Å². The monoisotopic (exact) mass is 481 g/mol. The minimum absolute atomic E-state index is 0.0927. The molecule has 0 heterocycles. The van der Waals surface area contributed by atoms with Crippen molar-refractivity contribution in [3.8, 4) is 0 Å². The van der Waals surface area contributed by atoms with Crippen LogP contribution in [0.15, 0.2) is 47.4 Å². The standard InChI is InChI=1S/C21H21F6NO3S/c1-2-32(30,31)19-7-6-15(12-28-13-20(22,23)24)8-16(19)11-18(29)10-14-4-3-5-17(9-14)21(25,26)27/h3-9,28H,2,10-13H2,1H3. The fourth-order valence-electron chi connectivity index (χ4n) is 3.05. The number of sulfone groups is 1. The summed E-state index contributed by atoms with van der Waals surface area (Å²) in [5.41, 5.74) is -0.358. The van der Waals surface area contributed by atoms with Gasteiger partial charge < -0.3 is 5.32 Å².